The van der Waals surface area contributed by atoms with E-state index in [2.05, 4.69) is 16.0 Å². The van der Waals surface area contributed by atoms with Gasteiger partial charge in [-0.1, -0.05) is 32.9 Å². The first-order chi connectivity index (χ1) is 11.0. The molecule has 0 aliphatic carbocycles. The normalized spacial score (nSPS) is 16.3. The molecule has 1 aromatic carbocycles. The summed E-state index contributed by atoms with van der Waals surface area (Å²) in [5, 5.41) is 9.09. The highest BCUT2D eigenvalue weighted by Gasteiger charge is 2.28. The minimum Gasteiger partial charge on any atom is -0.352 e. The van der Waals surface area contributed by atoms with E-state index in [-0.39, 0.29) is 36.1 Å². The standard InChI is InChI=1S/C18H27N3O2.ClH/c1-4-12(2)17(22)21-16-7-5-6-14(8-16)9-20-18(23)13(3)15-10-19-11-15;/h5-8,12-13,15,19H,4,9-11H2,1-3H3,(H,20,23)(H,21,22);1H. The van der Waals surface area contributed by atoms with Crippen LogP contribution in [0.2, 0.25) is 0 Å². The van der Waals surface area contributed by atoms with Crippen molar-refractivity contribution in [1.82, 2.24) is 10.6 Å². The van der Waals surface area contributed by atoms with Gasteiger partial charge in [-0.05, 0) is 43.1 Å². The first kappa shape index (κ1) is 20.5. The second-order valence-electron chi connectivity index (χ2n) is 6.42. The van der Waals surface area contributed by atoms with E-state index in [0.717, 1.165) is 30.8 Å². The first-order valence-electron chi connectivity index (χ1n) is 8.39. The lowest BCUT2D eigenvalue weighted by Crippen LogP contribution is -2.49. The van der Waals surface area contributed by atoms with Crippen LogP contribution in [0, 0.1) is 17.8 Å². The molecule has 1 aliphatic heterocycles. The monoisotopic (exact) mass is 353 g/mol. The summed E-state index contributed by atoms with van der Waals surface area (Å²) in [5.74, 6) is 0.585. The smallest absolute Gasteiger partial charge is 0.227 e. The Bertz CT molecular complexity index is 561. The average molecular weight is 354 g/mol. The van der Waals surface area contributed by atoms with Gasteiger partial charge in [-0.2, -0.15) is 0 Å². The van der Waals surface area contributed by atoms with Gasteiger partial charge >= 0.3 is 0 Å². The molecule has 1 fully saturated rings. The van der Waals surface area contributed by atoms with Crippen LogP contribution in [0.5, 0.6) is 0 Å². The predicted octanol–water partition coefficient (Wildman–Crippen LogP) is 2.56. The largest absolute Gasteiger partial charge is 0.352 e. The Morgan fingerprint density at radius 1 is 1.25 bits per heavy atom. The van der Waals surface area contributed by atoms with E-state index in [0.29, 0.717) is 12.5 Å². The number of hydrogen-bond acceptors (Lipinski definition) is 3. The van der Waals surface area contributed by atoms with E-state index < -0.39 is 0 Å². The van der Waals surface area contributed by atoms with E-state index in [9.17, 15) is 9.59 Å². The van der Waals surface area contributed by atoms with E-state index in [1.807, 2.05) is 45.0 Å². The number of rotatable bonds is 7. The summed E-state index contributed by atoms with van der Waals surface area (Å²) in [5.41, 5.74) is 1.76. The molecule has 0 aromatic heterocycles. The van der Waals surface area contributed by atoms with Crippen LogP contribution in [-0.4, -0.2) is 24.9 Å². The van der Waals surface area contributed by atoms with E-state index in [1.165, 1.54) is 0 Å². The van der Waals surface area contributed by atoms with Crippen molar-refractivity contribution in [1.29, 1.82) is 0 Å². The molecule has 2 unspecified atom stereocenters. The summed E-state index contributed by atoms with van der Waals surface area (Å²) >= 11 is 0. The zero-order valence-corrected chi connectivity index (χ0v) is 15.4. The molecular formula is C18H28ClN3O2. The van der Waals surface area contributed by atoms with Crippen molar-refractivity contribution < 1.29 is 9.59 Å². The van der Waals surface area contributed by atoms with Gasteiger partial charge in [0.1, 0.15) is 0 Å². The molecule has 2 rings (SSSR count). The van der Waals surface area contributed by atoms with Crippen LogP contribution in [0.15, 0.2) is 24.3 Å². The Hall–Kier alpha value is -1.59. The SMILES string of the molecule is CCC(C)C(=O)Nc1cccc(CNC(=O)C(C)C2CNC2)c1.Cl. The number of anilines is 1. The van der Waals surface area contributed by atoms with Crippen molar-refractivity contribution in [2.45, 2.75) is 33.7 Å². The molecule has 24 heavy (non-hydrogen) atoms. The van der Waals surface area contributed by atoms with Crippen molar-refractivity contribution in [3.63, 3.8) is 0 Å². The summed E-state index contributed by atoms with van der Waals surface area (Å²) < 4.78 is 0. The zero-order chi connectivity index (χ0) is 16.8. The second-order valence-corrected chi connectivity index (χ2v) is 6.42. The number of amides is 2. The lowest BCUT2D eigenvalue weighted by atomic mass is 9.88. The van der Waals surface area contributed by atoms with Gasteiger partial charge in [-0.3, -0.25) is 9.59 Å². The topological polar surface area (TPSA) is 70.2 Å². The minimum absolute atomic E-state index is 0. The number of carbonyl (C=O) groups excluding carboxylic acids is 2. The van der Waals surface area contributed by atoms with E-state index in [1.54, 1.807) is 0 Å². The fourth-order valence-electron chi connectivity index (χ4n) is 2.44. The number of halogens is 1. The van der Waals surface area contributed by atoms with Crippen molar-refractivity contribution in [2.24, 2.45) is 17.8 Å². The highest BCUT2D eigenvalue weighted by atomic mass is 35.5. The molecule has 5 nitrogen and oxygen atoms in total. The Labute approximate surface area is 150 Å². The van der Waals surface area contributed by atoms with Crippen molar-refractivity contribution in [2.75, 3.05) is 18.4 Å². The molecule has 3 N–H and O–H groups in total. The number of carbonyl (C=O) groups is 2. The highest BCUT2D eigenvalue weighted by molar-refractivity contribution is 5.92. The summed E-state index contributed by atoms with van der Waals surface area (Å²) in [7, 11) is 0. The number of nitrogens with one attached hydrogen (secondary N) is 3. The van der Waals surface area contributed by atoms with Crippen LogP contribution in [0.4, 0.5) is 5.69 Å². The fraction of sp³-hybridized carbons (Fsp3) is 0.556. The fourth-order valence-corrected chi connectivity index (χ4v) is 2.44. The molecule has 1 aromatic rings. The van der Waals surface area contributed by atoms with Gasteiger partial charge in [0.2, 0.25) is 11.8 Å². The van der Waals surface area contributed by atoms with Gasteiger partial charge in [0, 0.05) is 24.1 Å². The molecule has 134 valence electrons. The van der Waals surface area contributed by atoms with Gasteiger partial charge in [-0.15, -0.1) is 12.4 Å². The molecule has 1 saturated heterocycles. The molecule has 2 amide bonds. The summed E-state index contributed by atoms with van der Waals surface area (Å²) in [6, 6.07) is 7.63. The predicted molar refractivity (Wildman–Crippen MR) is 99.1 cm³/mol. The second kappa shape index (κ2) is 9.64. The Kier molecular flexibility index (Phi) is 8.22. The van der Waals surface area contributed by atoms with Gasteiger partial charge in [0.15, 0.2) is 0 Å². The maximum atomic E-state index is 12.1. The van der Waals surface area contributed by atoms with Crippen molar-refractivity contribution in [3.8, 4) is 0 Å². The molecular weight excluding hydrogens is 326 g/mol. The van der Waals surface area contributed by atoms with E-state index in [4.69, 9.17) is 0 Å². The minimum atomic E-state index is -0.00436. The van der Waals surface area contributed by atoms with Crippen molar-refractivity contribution in [3.05, 3.63) is 29.8 Å². The molecule has 0 spiro atoms. The third-order valence-corrected chi connectivity index (χ3v) is 4.65. The lowest BCUT2D eigenvalue weighted by molar-refractivity contribution is -0.126. The molecule has 0 radical (unpaired) electrons. The van der Waals surface area contributed by atoms with Crippen LogP contribution in [-0.2, 0) is 16.1 Å². The van der Waals surface area contributed by atoms with Crippen LogP contribution in [0.3, 0.4) is 0 Å². The van der Waals surface area contributed by atoms with Gasteiger partial charge in [0.25, 0.3) is 0 Å². The zero-order valence-electron chi connectivity index (χ0n) is 14.6. The summed E-state index contributed by atoms with van der Waals surface area (Å²) in [4.78, 5) is 24.1. The van der Waals surface area contributed by atoms with Crippen LogP contribution < -0.4 is 16.0 Å². The van der Waals surface area contributed by atoms with Crippen LogP contribution in [0.25, 0.3) is 0 Å². The van der Waals surface area contributed by atoms with Crippen molar-refractivity contribution >= 4 is 29.9 Å². The highest BCUT2D eigenvalue weighted by Crippen LogP contribution is 2.17. The lowest BCUT2D eigenvalue weighted by Gasteiger charge is -2.31. The Balaban J connectivity index is 0.00000288. The number of hydrogen-bond donors (Lipinski definition) is 3. The van der Waals surface area contributed by atoms with Gasteiger partial charge in [-0.25, -0.2) is 0 Å². The van der Waals surface area contributed by atoms with Crippen LogP contribution >= 0.6 is 12.4 Å². The Morgan fingerprint density at radius 2 is 1.96 bits per heavy atom. The molecule has 1 heterocycles. The first-order valence-corrected chi connectivity index (χ1v) is 8.39. The summed E-state index contributed by atoms with van der Waals surface area (Å²) in [6.07, 6.45) is 0.815. The van der Waals surface area contributed by atoms with E-state index >= 15 is 0 Å². The average Bonchev–Trinajstić information content (AvgIpc) is 2.50. The molecule has 1 aliphatic rings. The van der Waals surface area contributed by atoms with Crippen LogP contribution in [0.1, 0.15) is 32.8 Å². The van der Waals surface area contributed by atoms with Gasteiger partial charge in [0.05, 0.1) is 0 Å². The maximum Gasteiger partial charge on any atom is 0.227 e. The third kappa shape index (κ3) is 5.49. The van der Waals surface area contributed by atoms with Gasteiger partial charge < -0.3 is 16.0 Å². The molecule has 6 heteroatoms. The Morgan fingerprint density at radius 3 is 2.54 bits per heavy atom. The molecule has 0 bridgehead atoms. The molecule has 2 atom stereocenters. The number of benzene rings is 1. The summed E-state index contributed by atoms with van der Waals surface area (Å²) in [6.45, 7) is 8.21. The molecule has 0 saturated carbocycles. The maximum absolute atomic E-state index is 12.1. The third-order valence-electron chi connectivity index (χ3n) is 4.65. The quantitative estimate of drug-likeness (QED) is 0.705.